The third-order valence-electron chi connectivity index (χ3n) is 5.66. The first-order valence-corrected chi connectivity index (χ1v) is 11.6. The van der Waals surface area contributed by atoms with Gasteiger partial charge in [-0.25, -0.2) is 0 Å². The maximum absolute atomic E-state index is 12.4. The minimum atomic E-state index is -0.250. The molecule has 4 rings (SSSR count). The molecule has 8 heteroatoms. The number of likely N-dealkylation sites (tertiary alicyclic amines) is 1. The van der Waals surface area contributed by atoms with Crippen molar-refractivity contribution in [2.45, 2.75) is 19.3 Å². The van der Waals surface area contributed by atoms with Crippen LogP contribution >= 0.6 is 11.6 Å². The Bertz CT molecular complexity index is 1060. The van der Waals surface area contributed by atoms with Crippen LogP contribution in [0.1, 0.15) is 19.3 Å². The fourth-order valence-electron chi connectivity index (χ4n) is 3.92. The zero-order chi connectivity index (χ0) is 23.0. The summed E-state index contributed by atoms with van der Waals surface area (Å²) in [7, 11) is 1.89. The number of aryl methyl sites for hydroxylation is 1. The molecule has 1 aromatic heterocycles. The van der Waals surface area contributed by atoms with E-state index in [1.54, 1.807) is 35.1 Å². The van der Waals surface area contributed by atoms with Gasteiger partial charge in [0.2, 0.25) is 0 Å². The second-order valence-corrected chi connectivity index (χ2v) is 8.53. The molecule has 1 aliphatic heterocycles. The van der Waals surface area contributed by atoms with Gasteiger partial charge in [0, 0.05) is 36.1 Å². The SMILES string of the molecule is Cn1nccc1-c1cc(NC(=O)COc2ccc(Cl)cc2)ccc1OCCN1CCCCC1. The predicted octanol–water partition coefficient (Wildman–Crippen LogP) is 4.62. The summed E-state index contributed by atoms with van der Waals surface area (Å²) < 4.78 is 13.5. The van der Waals surface area contributed by atoms with Crippen molar-refractivity contribution in [3.8, 4) is 22.8 Å². The lowest BCUT2D eigenvalue weighted by atomic mass is 10.1. The summed E-state index contributed by atoms with van der Waals surface area (Å²) in [4.78, 5) is 14.9. The van der Waals surface area contributed by atoms with E-state index >= 15 is 0 Å². The van der Waals surface area contributed by atoms with Crippen LogP contribution in [-0.4, -0.2) is 53.4 Å². The number of anilines is 1. The number of halogens is 1. The summed E-state index contributed by atoms with van der Waals surface area (Å²) in [6.45, 7) is 3.70. The molecule has 3 aromatic rings. The van der Waals surface area contributed by atoms with Gasteiger partial charge in [0.1, 0.15) is 18.1 Å². The molecule has 1 fully saturated rings. The van der Waals surface area contributed by atoms with Crippen LogP contribution in [0.2, 0.25) is 5.02 Å². The van der Waals surface area contributed by atoms with Gasteiger partial charge in [-0.05, 0) is 74.5 Å². The first kappa shape index (κ1) is 23.1. The average molecular weight is 469 g/mol. The molecule has 2 aromatic carbocycles. The highest BCUT2D eigenvalue weighted by Gasteiger charge is 2.14. The molecule has 0 saturated carbocycles. The minimum Gasteiger partial charge on any atom is -0.492 e. The molecule has 0 unspecified atom stereocenters. The normalized spacial score (nSPS) is 14.1. The van der Waals surface area contributed by atoms with Crippen molar-refractivity contribution in [2.24, 2.45) is 7.05 Å². The zero-order valence-electron chi connectivity index (χ0n) is 18.8. The van der Waals surface area contributed by atoms with E-state index in [1.165, 1.54) is 19.3 Å². The van der Waals surface area contributed by atoms with E-state index in [0.29, 0.717) is 23.1 Å². The van der Waals surface area contributed by atoms with Crippen molar-refractivity contribution >= 4 is 23.2 Å². The molecule has 0 spiro atoms. The van der Waals surface area contributed by atoms with Gasteiger partial charge in [-0.2, -0.15) is 5.10 Å². The van der Waals surface area contributed by atoms with E-state index in [4.69, 9.17) is 21.1 Å². The Kier molecular flexibility index (Phi) is 7.86. The fourth-order valence-corrected chi connectivity index (χ4v) is 4.04. The topological polar surface area (TPSA) is 68.6 Å². The summed E-state index contributed by atoms with van der Waals surface area (Å²) in [5.74, 6) is 1.10. The number of rotatable bonds is 9. The molecule has 0 bridgehead atoms. The quantitative estimate of drug-likeness (QED) is 0.496. The number of ether oxygens (including phenoxy) is 2. The van der Waals surface area contributed by atoms with E-state index in [0.717, 1.165) is 36.6 Å². The van der Waals surface area contributed by atoms with Crippen molar-refractivity contribution in [3.63, 3.8) is 0 Å². The smallest absolute Gasteiger partial charge is 0.262 e. The van der Waals surface area contributed by atoms with Gasteiger partial charge in [-0.15, -0.1) is 0 Å². The van der Waals surface area contributed by atoms with Gasteiger partial charge in [0.05, 0.1) is 5.69 Å². The Morgan fingerprint density at radius 3 is 2.58 bits per heavy atom. The minimum absolute atomic E-state index is 0.100. The first-order chi connectivity index (χ1) is 16.1. The van der Waals surface area contributed by atoms with Gasteiger partial charge in [0.15, 0.2) is 6.61 Å². The Labute approximate surface area is 199 Å². The molecule has 1 aliphatic rings. The van der Waals surface area contributed by atoms with Crippen molar-refractivity contribution in [2.75, 3.05) is 38.2 Å². The van der Waals surface area contributed by atoms with Crippen LogP contribution < -0.4 is 14.8 Å². The summed E-state index contributed by atoms with van der Waals surface area (Å²) in [6, 6.07) is 14.5. The van der Waals surface area contributed by atoms with Crippen LogP contribution in [0.15, 0.2) is 54.7 Å². The number of nitrogens with zero attached hydrogens (tertiary/aromatic N) is 3. The zero-order valence-corrected chi connectivity index (χ0v) is 19.6. The van der Waals surface area contributed by atoms with Gasteiger partial charge < -0.3 is 14.8 Å². The lowest BCUT2D eigenvalue weighted by Gasteiger charge is -2.26. The van der Waals surface area contributed by atoms with Gasteiger partial charge >= 0.3 is 0 Å². The average Bonchev–Trinajstić information content (AvgIpc) is 3.26. The van der Waals surface area contributed by atoms with Crippen molar-refractivity contribution in [1.29, 1.82) is 0 Å². The Balaban J connectivity index is 1.41. The summed E-state index contributed by atoms with van der Waals surface area (Å²) >= 11 is 5.88. The lowest BCUT2D eigenvalue weighted by molar-refractivity contribution is -0.118. The number of carbonyl (C=O) groups is 1. The number of aromatic nitrogens is 2. The van der Waals surface area contributed by atoms with Crippen molar-refractivity contribution < 1.29 is 14.3 Å². The Morgan fingerprint density at radius 2 is 1.85 bits per heavy atom. The summed E-state index contributed by atoms with van der Waals surface area (Å²) in [5.41, 5.74) is 2.46. The Morgan fingerprint density at radius 1 is 1.06 bits per heavy atom. The predicted molar refractivity (Wildman–Crippen MR) is 130 cm³/mol. The molecule has 1 N–H and O–H groups in total. The maximum Gasteiger partial charge on any atom is 0.262 e. The highest BCUT2D eigenvalue weighted by Crippen LogP contribution is 2.32. The molecular weight excluding hydrogens is 440 g/mol. The van der Waals surface area contributed by atoms with Crippen LogP contribution in [0.4, 0.5) is 5.69 Å². The Hall–Kier alpha value is -3.03. The number of hydrogen-bond donors (Lipinski definition) is 1. The van der Waals surface area contributed by atoms with Crippen molar-refractivity contribution in [3.05, 3.63) is 59.8 Å². The molecular formula is C25H29ClN4O3. The number of carbonyl (C=O) groups excluding carboxylic acids is 1. The van der Waals surface area contributed by atoms with E-state index in [1.807, 2.05) is 31.3 Å². The molecule has 0 atom stereocenters. The number of piperidine rings is 1. The largest absolute Gasteiger partial charge is 0.492 e. The first-order valence-electron chi connectivity index (χ1n) is 11.2. The number of benzene rings is 2. The number of amides is 1. The second-order valence-electron chi connectivity index (χ2n) is 8.09. The van der Waals surface area contributed by atoms with E-state index in [-0.39, 0.29) is 12.5 Å². The van der Waals surface area contributed by atoms with Gasteiger partial charge in [-0.3, -0.25) is 14.4 Å². The molecule has 1 saturated heterocycles. The second kappa shape index (κ2) is 11.2. The van der Waals surface area contributed by atoms with Crippen LogP contribution in [0.3, 0.4) is 0 Å². The molecule has 2 heterocycles. The van der Waals surface area contributed by atoms with Crippen LogP contribution in [-0.2, 0) is 11.8 Å². The molecule has 33 heavy (non-hydrogen) atoms. The van der Waals surface area contributed by atoms with Crippen LogP contribution in [0.5, 0.6) is 11.5 Å². The molecule has 174 valence electrons. The molecule has 1 amide bonds. The monoisotopic (exact) mass is 468 g/mol. The van der Waals surface area contributed by atoms with E-state index in [9.17, 15) is 4.79 Å². The van der Waals surface area contributed by atoms with E-state index < -0.39 is 0 Å². The van der Waals surface area contributed by atoms with Crippen LogP contribution in [0.25, 0.3) is 11.3 Å². The lowest BCUT2D eigenvalue weighted by Crippen LogP contribution is -2.33. The molecule has 0 aliphatic carbocycles. The number of nitrogens with one attached hydrogen (secondary N) is 1. The van der Waals surface area contributed by atoms with Gasteiger partial charge in [0.25, 0.3) is 5.91 Å². The summed E-state index contributed by atoms with van der Waals surface area (Å²) in [5, 5.41) is 7.80. The van der Waals surface area contributed by atoms with E-state index in [2.05, 4.69) is 15.3 Å². The third-order valence-corrected chi connectivity index (χ3v) is 5.91. The highest BCUT2D eigenvalue weighted by molar-refractivity contribution is 6.30. The highest BCUT2D eigenvalue weighted by atomic mass is 35.5. The number of hydrogen-bond acceptors (Lipinski definition) is 5. The standard InChI is InChI=1S/C25H29ClN4O3/c1-29-23(11-12-27-29)22-17-20(28-25(31)18-33-21-8-5-19(26)6-9-21)7-10-24(22)32-16-15-30-13-3-2-4-14-30/h5-12,17H,2-4,13-16,18H2,1H3,(H,28,31). The molecule has 0 radical (unpaired) electrons. The molecule has 7 nitrogen and oxygen atoms in total. The maximum atomic E-state index is 12.4. The fraction of sp³-hybridized carbons (Fsp3) is 0.360. The van der Waals surface area contributed by atoms with Crippen molar-refractivity contribution in [1.82, 2.24) is 14.7 Å². The third kappa shape index (κ3) is 6.49. The van der Waals surface area contributed by atoms with Crippen LogP contribution in [0, 0.1) is 0 Å². The summed E-state index contributed by atoms with van der Waals surface area (Å²) in [6.07, 6.45) is 5.59. The van der Waals surface area contributed by atoms with Gasteiger partial charge in [-0.1, -0.05) is 18.0 Å².